The second kappa shape index (κ2) is 5.95. The Hall–Kier alpha value is -2.36. The van der Waals surface area contributed by atoms with Crippen LogP contribution in [0, 0.1) is 0 Å². The molecule has 0 aliphatic carbocycles. The van der Waals surface area contributed by atoms with Crippen molar-refractivity contribution in [2.75, 3.05) is 13.7 Å². The molecule has 0 spiro atoms. The van der Waals surface area contributed by atoms with E-state index in [0.29, 0.717) is 5.56 Å². The summed E-state index contributed by atoms with van der Waals surface area (Å²) in [5, 5.41) is 0. The first-order chi connectivity index (χ1) is 10.3. The SMILES string of the molecule is COc1ccc(C2CCCN2C(=O)c2ccncc2)cc1. The first-order valence-corrected chi connectivity index (χ1v) is 7.14. The first-order valence-electron chi connectivity index (χ1n) is 7.14. The van der Waals surface area contributed by atoms with Gasteiger partial charge in [0, 0.05) is 24.5 Å². The predicted octanol–water partition coefficient (Wildman–Crippen LogP) is 3.07. The van der Waals surface area contributed by atoms with Crippen LogP contribution in [0.5, 0.6) is 5.75 Å². The van der Waals surface area contributed by atoms with E-state index in [1.807, 2.05) is 29.2 Å². The molecule has 1 amide bonds. The molecule has 1 aliphatic rings. The van der Waals surface area contributed by atoms with Gasteiger partial charge in [-0.2, -0.15) is 0 Å². The topological polar surface area (TPSA) is 42.4 Å². The molecular weight excluding hydrogens is 264 g/mol. The minimum absolute atomic E-state index is 0.0794. The Morgan fingerprint density at radius 3 is 2.57 bits per heavy atom. The number of benzene rings is 1. The Balaban J connectivity index is 1.83. The zero-order valence-electron chi connectivity index (χ0n) is 12.0. The maximum absolute atomic E-state index is 12.6. The zero-order valence-corrected chi connectivity index (χ0v) is 12.0. The van der Waals surface area contributed by atoms with Crippen molar-refractivity contribution in [3.8, 4) is 5.75 Å². The summed E-state index contributed by atoms with van der Waals surface area (Å²) in [5.74, 6) is 0.916. The highest BCUT2D eigenvalue weighted by atomic mass is 16.5. The van der Waals surface area contributed by atoms with Gasteiger partial charge >= 0.3 is 0 Å². The molecule has 3 rings (SSSR count). The summed E-state index contributed by atoms with van der Waals surface area (Å²) in [6.45, 7) is 0.803. The number of carbonyl (C=O) groups excluding carboxylic acids is 1. The molecular formula is C17H18N2O2. The smallest absolute Gasteiger partial charge is 0.254 e. The van der Waals surface area contributed by atoms with Crippen molar-refractivity contribution in [2.24, 2.45) is 0 Å². The standard InChI is InChI=1S/C17H18N2O2/c1-21-15-6-4-13(5-7-15)16-3-2-12-19(16)17(20)14-8-10-18-11-9-14/h4-11,16H,2-3,12H2,1H3. The Morgan fingerprint density at radius 1 is 1.19 bits per heavy atom. The highest BCUT2D eigenvalue weighted by molar-refractivity contribution is 5.94. The summed E-state index contributed by atoms with van der Waals surface area (Å²) in [4.78, 5) is 18.5. The fraction of sp³-hybridized carbons (Fsp3) is 0.294. The van der Waals surface area contributed by atoms with Gasteiger partial charge in [0.15, 0.2) is 0 Å². The lowest BCUT2D eigenvalue weighted by Crippen LogP contribution is -2.30. The van der Waals surface area contributed by atoms with Crippen LogP contribution in [0.1, 0.15) is 34.8 Å². The van der Waals surface area contributed by atoms with Crippen molar-refractivity contribution in [3.63, 3.8) is 0 Å². The molecule has 0 saturated carbocycles. The average Bonchev–Trinajstić information content (AvgIpc) is 3.04. The Morgan fingerprint density at radius 2 is 1.90 bits per heavy atom. The number of ether oxygens (including phenoxy) is 1. The molecule has 1 aromatic carbocycles. The van der Waals surface area contributed by atoms with E-state index in [9.17, 15) is 4.79 Å². The van der Waals surface area contributed by atoms with Crippen molar-refractivity contribution in [3.05, 3.63) is 59.9 Å². The number of amides is 1. The second-order valence-electron chi connectivity index (χ2n) is 5.17. The number of carbonyl (C=O) groups is 1. The summed E-state index contributed by atoms with van der Waals surface area (Å²) in [5.41, 5.74) is 1.86. The molecule has 1 atom stereocenters. The Bertz CT molecular complexity index is 610. The monoisotopic (exact) mass is 282 g/mol. The molecule has 0 bridgehead atoms. The van der Waals surface area contributed by atoms with Gasteiger partial charge in [-0.3, -0.25) is 9.78 Å². The third-order valence-electron chi connectivity index (χ3n) is 3.94. The summed E-state index contributed by atoms with van der Waals surface area (Å²) in [7, 11) is 1.66. The fourth-order valence-electron chi connectivity index (χ4n) is 2.84. The van der Waals surface area contributed by atoms with Crippen molar-refractivity contribution < 1.29 is 9.53 Å². The fourth-order valence-corrected chi connectivity index (χ4v) is 2.84. The van der Waals surface area contributed by atoms with E-state index in [1.165, 1.54) is 0 Å². The third-order valence-corrected chi connectivity index (χ3v) is 3.94. The van der Waals surface area contributed by atoms with E-state index in [4.69, 9.17) is 4.74 Å². The van der Waals surface area contributed by atoms with Crippen LogP contribution < -0.4 is 4.74 Å². The van der Waals surface area contributed by atoms with Crippen LogP contribution in [0.3, 0.4) is 0 Å². The maximum atomic E-state index is 12.6. The number of likely N-dealkylation sites (tertiary alicyclic amines) is 1. The predicted molar refractivity (Wildman–Crippen MR) is 80.2 cm³/mol. The lowest BCUT2D eigenvalue weighted by Gasteiger charge is -2.25. The van der Waals surface area contributed by atoms with Crippen molar-refractivity contribution in [1.29, 1.82) is 0 Å². The van der Waals surface area contributed by atoms with E-state index in [0.717, 1.165) is 30.7 Å². The van der Waals surface area contributed by atoms with Gasteiger partial charge in [-0.1, -0.05) is 12.1 Å². The summed E-state index contributed by atoms with van der Waals surface area (Å²) >= 11 is 0. The molecule has 1 fully saturated rings. The molecule has 0 radical (unpaired) electrons. The van der Waals surface area contributed by atoms with Crippen molar-refractivity contribution >= 4 is 5.91 Å². The van der Waals surface area contributed by atoms with Crippen LogP contribution in [-0.2, 0) is 0 Å². The van der Waals surface area contributed by atoms with Crippen LogP contribution in [0.15, 0.2) is 48.8 Å². The molecule has 2 heterocycles. The van der Waals surface area contributed by atoms with Crippen LogP contribution >= 0.6 is 0 Å². The number of hydrogen-bond acceptors (Lipinski definition) is 3. The molecule has 2 aromatic rings. The molecule has 4 nitrogen and oxygen atoms in total. The highest BCUT2D eigenvalue weighted by Gasteiger charge is 2.30. The molecule has 4 heteroatoms. The van der Waals surface area contributed by atoms with E-state index in [2.05, 4.69) is 4.98 Å². The van der Waals surface area contributed by atoms with Crippen molar-refractivity contribution in [1.82, 2.24) is 9.88 Å². The van der Waals surface area contributed by atoms with Gasteiger partial charge in [-0.15, -0.1) is 0 Å². The Labute approximate surface area is 124 Å². The minimum atomic E-state index is 0.0794. The zero-order chi connectivity index (χ0) is 14.7. The van der Waals surface area contributed by atoms with E-state index >= 15 is 0 Å². The molecule has 1 saturated heterocycles. The largest absolute Gasteiger partial charge is 0.497 e. The summed E-state index contributed by atoms with van der Waals surface area (Å²) in [6, 6.07) is 11.7. The van der Waals surface area contributed by atoms with E-state index in [1.54, 1.807) is 31.6 Å². The molecule has 108 valence electrons. The summed E-state index contributed by atoms with van der Waals surface area (Å²) < 4.78 is 5.19. The lowest BCUT2D eigenvalue weighted by molar-refractivity contribution is 0.0735. The first kappa shape index (κ1) is 13.6. The highest BCUT2D eigenvalue weighted by Crippen LogP contribution is 2.33. The quantitative estimate of drug-likeness (QED) is 0.869. The van der Waals surface area contributed by atoms with Gasteiger partial charge < -0.3 is 9.64 Å². The van der Waals surface area contributed by atoms with Gasteiger partial charge in [-0.05, 0) is 42.7 Å². The van der Waals surface area contributed by atoms with Gasteiger partial charge in [0.1, 0.15) is 5.75 Å². The number of hydrogen-bond donors (Lipinski definition) is 0. The molecule has 21 heavy (non-hydrogen) atoms. The maximum Gasteiger partial charge on any atom is 0.254 e. The van der Waals surface area contributed by atoms with Gasteiger partial charge in [0.2, 0.25) is 0 Å². The van der Waals surface area contributed by atoms with Crippen LogP contribution in [0.25, 0.3) is 0 Å². The van der Waals surface area contributed by atoms with E-state index in [-0.39, 0.29) is 11.9 Å². The molecule has 1 aromatic heterocycles. The number of pyridine rings is 1. The molecule has 1 unspecified atom stereocenters. The van der Waals surface area contributed by atoms with Gasteiger partial charge in [0.25, 0.3) is 5.91 Å². The molecule has 1 aliphatic heterocycles. The normalized spacial score (nSPS) is 17.8. The minimum Gasteiger partial charge on any atom is -0.497 e. The Kier molecular flexibility index (Phi) is 3.86. The number of methoxy groups -OCH3 is 1. The second-order valence-corrected chi connectivity index (χ2v) is 5.17. The average molecular weight is 282 g/mol. The molecule has 0 N–H and O–H groups in total. The van der Waals surface area contributed by atoms with Crippen LogP contribution in [0.2, 0.25) is 0 Å². The lowest BCUT2D eigenvalue weighted by atomic mass is 10.0. The third kappa shape index (κ3) is 2.75. The van der Waals surface area contributed by atoms with Crippen molar-refractivity contribution in [2.45, 2.75) is 18.9 Å². The van der Waals surface area contributed by atoms with Gasteiger partial charge in [0.05, 0.1) is 13.2 Å². The summed E-state index contributed by atoms with van der Waals surface area (Å²) in [6.07, 6.45) is 5.36. The van der Waals surface area contributed by atoms with Crippen LogP contribution in [0.4, 0.5) is 0 Å². The van der Waals surface area contributed by atoms with Crippen LogP contribution in [-0.4, -0.2) is 29.4 Å². The number of rotatable bonds is 3. The number of nitrogens with zero attached hydrogens (tertiary/aromatic N) is 2. The van der Waals surface area contributed by atoms with Gasteiger partial charge in [-0.25, -0.2) is 0 Å². The number of aromatic nitrogens is 1. The van der Waals surface area contributed by atoms with E-state index < -0.39 is 0 Å².